The highest BCUT2D eigenvalue weighted by Crippen LogP contribution is 2.19. The molecule has 0 aliphatic carbocycles. The zero-order chi connectivity index (χ0) is 8.97. The van der Waals surface area contributed by atoms with Crippen LogP contribution in [0.15, 0.2) is 22.7 Å². The lowest BCUT2D eigenvalue weighted by molar-refractivity contribution is -0.106. The molecule has 0 saturated heterocycles. The van der Waals surface area contributed by atoms with Gasteiger partial charge >= 0.3 is 0 Å². The van der Waals surface area contributed by atoms with Crippen LogP contribution in [0.25, 0.3) is 0 Å². The second-order valence-corrected chi connectivity index (χ2v) is 3.37. The van der Waals surface area contributed by atoms with Crippen molar-refractivity contribution in [3.63, 3.8) is 0 Å². The lowest BCUT2D eigenvalue weighted by atomic mass is 10.2. The largest absolute Gasteiger partial charge is 0.378 e. The molecular formula is C9H10BrNO. The number of halogens is 1. The third-order valence-corrected chi connectivity index (χ3v) is 2.44. The molecule has 0 bridgehead atoms. The first kappa shape index (κ1) is 9.26. The number of carbonyl (C=O) groups is 1. The van der Waals surface area contributed by atoms with E-state index in [-0.39, 0.29) is 0 Å². The van der Waals surface area contributed by atoms with E-state index in [1.165, 1.54) is 0 Å². The SMILES string of the molecule is Cc1cc(NCC=O)ccc1Br. The fourth-order valence-corrected chi connectivity index (χ4v) is 1.16. The minimum Gasteiger partial charge on any atom is -0.378 e. The summed E-state index contributed by atoms with van der Waals surface area (Å²) < 4.78 is 1.08. The summed E-state index contributed by atoms with van der Waals surface area (Å²) in [5, 5.41) is 2.97. The van der Waals surface area contributed by atoms with Crippen LogP contribution in [-0.4, -0.2) is 12.8 Å². The Kier molecular flexibility index (Phi) is 3.29. The summed E-state index contributed by atoms with van der Waals surface area (Å²) in [5.41, 5.74) is 2.13. The second-order valence-electron chi connectivity index (χ2n) is 2.51. The molecule has 0 aliphatic rings. The summed E-state index contributed by atoms with van der Waals surface area (Å²) in [4.78, 5) is 10.1. The van der Waals surface area contributed by atoms with E-state index in [9.17, 15) is 4.79 Å². The van der Waals surface area contributed by atoms with Crippen LogP contribution in [0.4, 0.5) is 5.69 Å². The first-order valence-corrected chi connectivity index (χ1v) is 4.47. The Balaban J connectivity index is 2.75. The number of nitrogens with one attached hydrogen (secondary N) is 1. The predicted molar refractivity (Wildman–Crippen MR) is 53.4 cm³/mol. The van der Waals surface area contributed by atoms with Crippen molar-refractivity contribution in [3.05, 3.63) is 28.2 Å². The lowest BCUT2D eigenvalue weighted by Crippen LogP contribution is -2.01. The average molecular weight is 228 g/mol. The summed E-state index contributed by atoms with van der Waals surface area (Å²) >= 11 is 3.40. The molecule has 1 aromatic carbocycles. The van der Waals surface area contributed by atoms with Crippen LogP contribution in [0.5, 0.6) is 0 Å². The maximum atomic E-state index is 10.1. The normalized spacial score (nSPS) is 9.50. The van der Waals surface area contributed by atoms with Crippen molar-refractivity contribution in [3.8, 4) is 0 Å². The number of benzene rings is 1. The van der Waals surface area contributed by atoms with E-state index in [0.29, 0.717) is 6.54 Å². The second kappa shape index (κ2) is 4.26. The van der Waals surface area contributed by atoms with Gasteiger partial charge in [0.05, 0.1) is 6.54 Å². The molecule has 3 heteroatoms. The van der Waals surface area contributed by atoms with Crippen LogP contribution in [0.3, 0.4) is 0 Å². The molecule has 0 fully saturated rings. The van der Waals surface area contributed by atoms with Crippen molar-refractivity contribution in [2.24, 2.45) is 0 Å². The minimum atomic E-state index is 0.362. The molecule has 0 atom stereocenters. The van der Waals surface area contributed by atoms with E-state index in [4.69, 9.17) is 0 Å². The van der Waals surface area contributed by atoms with Crippen LogP contribution in [0, 0.1) is 6.92 Å². The van der Waals surface area contributed by atoms with Crippen molar-refractivity contribution in [2.75, 3.05) is 11.9 Å². The van der Waals surface area contributed by atoms with Crippen molar-refractivity contribution in [1.29, 1.82) is 0 Å². The summed E-state index contributed by atoms with van der Waals surface area (Å²) in [7, 11) is 0. The Morgan fingerprint density at radius 1 is 1.58 bits per heavy atom. The van der Waals surface area contributed by atoms with Crippen LogP contribution < -0.4 is 5.32 Å². The monoisotopic (exact) mass is 227 g/mol. The molecule has 2 nitrogen and oxygen atoms in total. The van der Waals surface area contributed by atoms with Crippen molar-refractivity contribution < 1.29 is 4.79 Å². The Morgan fingerprint density at radius 3 is 2.92 bits per heavy atom. The van der Waals surface area contributed by atoms with Crippen LogP contribution in [-0.2, 0) is 4.79 Å². The van der Waals surface area contributed by atoms with E-state index in [2.05, 4.69) is 21.2 Å². The molecule has 0 radical (unpaired) electrons. The highest BCUT2D eigenvalue weighted by Gasteiger charge is 1.95. The molecule has 12 heavy (non-hydrogen) atoms. The maximum Gasteiger partial charge on any atom is 0.139 e. The fraction of sp³-hybridized carbons (Fsp3) is 0.222. The molecule has 0 unspecified atom stereocenters. The predicted octanol–water partition coefficient (Wildman–Crippen LogP) is 2.37. The molecular weight excluding hydrogens is 218 g/mol. The van der Waals surface area contributed by atoms with E-state index < -0.39 is 0 Å². The summed E-state index contributed by atoms with van der Waals surface area (Å²) in [5.74, 6) is 0. The number of anilines is 1. The van der Waals surface area contributed by atoms with Gasteiger partial charge in [-0.3, -0.25) is 0 Å². The first-order chi connectivity index (χ1) is 5.74. The zero-order valence-electron chi connectivity index (χ0n) is 6.80. The smallest absolute Gasteiger partial charge is 0.139 e. The molecule has 0 heterocycles. The highest BCUT2D eigenvalue weighted by atomic mass is 79.9. The quantitative estimate of drug-likeness (QED) is 0.804. The minimum absolute atomic E-state index is 0.362. The van der Waals surface area contributed by atoms with Gasteiger partial charge in [-0.05, 0) is 30.7 Å². The van der Waals surface area contributed by atoms with Gasteiger partial charge in [-0.25, -0.2) is 0 Å². The Bertz CT molecular complexity index is 286. The van der Waals surface area contributed by atoms with Gasteiger partial charge in [-0.2, -0.15) is 0 Å². The Morgan fingerprint density at radius 2 is 2.33 bits per heavy atom. The van der Waals surface area contributed by atoms with Gasteiger partial charge in [-0.15, -0.1) is 0 Å². The Hall–Kier alpha value is -0.830. The van der Waals surface area contributed by atoms with Gasteiger partial charge in [0.1, 0.15) is 6.29 Å². The molecule has 1 aromatic rings. The summed E-state index contributed by atoms with van der Waals surface area (Å²) in [6, 6.07) is 5.89. The van der Waals surface area contributed by atoms with Crippen molar-refractivity contribution >= 4 is 27.9 Å². The number of hydrogen-bond acceptors (Lipinski definition) is 2. The van der Waals surface area contributed by atoms with Gasteiger partial charge < -0.3 is 10.1 Å². The van der Waals surface area contributed by atoms with Crippen molar-refractivity contribution in [1.82, 2.24) is 0 Å². The average Bonchev–Trinajstić information content (AvgIpc) is 2.07. The number of hydrogen-bond donors (Lipinski definition) is 1. The maximum absolute atomic E-state index is 10.1. The molecule has 0 saturated carbocycles. The lowest BCUT2D eigenvalue weighted by Gasteiger charge is -2.04. The Labute approximate surface area is 80.1 Å². The molecule has 64 valence electrons. The summed E-state index contributed by atoms with van der Waals surface area (Å²) in [6.07, 6.45) is 0.845. The van der Waals surface area contributed by atoms with Crippen LogP contribution in [0.1, 0.15) is 5.56 Å². The van der Waals surface area contributed by atoms with Crippen LogP contribution >= 0.6 is 15.9 Å². The first-order valence-electron chi connectivity index (χ1n) is 3.67. The molecule has 1 rings (SSSR count). The third-order valence-electron chi connectivity index (χ3n) is 1.55. The number of aldehydes is 1. The molecule has 0 aromatic heterocycles. The summed E-state index contributed by atoms with van der Waals surface area (Å²) in [6.45, 7) is 2.37. The standard InChI is InChI=1S/C9H10BrNO/c1-7-6-8(11-4-5-12)2-3-9(7)10/h2-3,5-6,11H,4H2,1H3. The zero-order valence-corrected chi connectivity index (χ0v) is 8.39. The van der Waals surface area contributed by atoms with E-state index >= 15 is 0 Å². The molecule has 0 amide bonds. The topological polar surface area (TPSA) is 29.1 Å². The molecule has 1 N–H and O–H groups in total. The number of carbonyl (C=O) groups excluding carboxylic acids is 1. The number of aryl methyl sites for hydroxylation is 1. The molecule has 0 spiro atoms. The highest BCUT2D eigenvalue weighted by molar-refractivity contribution is 9.10. The van der Waals surface area contributed by atoms with Crippen molar-refractivity contribution in [2.45, 2.75) is 6.92 Å². The van der Waals surface area contributed by atoms with E-state index in [1.54, 1.807) is 0 Å². The van der Waals surface area contributed by atoms with Gasteiger partial charge in [0.15, 0.2) is 0 Å². The van der Waals surface area contributed by atoms with Gasteiger partial charge in [-0.1, -0.05) is 15.9 Å². The third kappa shape index (κ3) is 2.34. The van der Waals surface area contributed by atoms with Gasteiger partial charge in [0.2, 0.25) is 0 Å². The fourth-order valence-electron chi connectivity index (χ4n) is 0.914. The van der Waals surface area contributed by atoms with Gasteiger partial charge in [0.25, 0.3) is 0 Å². The van der Waals surface area contributed by atoms with Gasteiger partial charge in [0, 0.05) is 10.2 Å². The van der Waals surface area contributed by atoms with Crippen LogP contribution in [0.2, 0.25) is 0 Å². The number of rotatable bonds is 3. The van der Waals surface area contributed by atoms with E-state index in [1.807, 2.05) is 25.1 Å². The van der Waals surface area contributed by atoms with E-state index in [0.717, 1.165) is 22.0 Å². The molecule has 0 aliphatic heterocycles.